The summed E-state index contributed by atoms with van der Waals surface area (Å²) in [6.45, 7) is 4.95. The van der Waals surface area contributed by atoms with E-state index in [4.69, 9.17) is 4.74 Å². The van der Waals surface area contributed by atoms with Gasteiger partial charge in [0.05, 0.1) is 7.11 Å². The van der Waals surface area contributed by atoms with Crippen LogP contribution in [0.2, 0.25) is 0 Å². The second-order valence-corrected chi connectivity index (χ2v) is 5.25. The Kier molecular flexibility index (Phi) is 6.36. The van der Waals surface area contributed by atoms with E-state index in [1.807, 2.05) is 32.0 Å². The van der Waals surface area contributed by atoms with E-state index in [1.165, 1.54) is 0 Å². The first-order valence-corrected chi connectivity index (χ1v) is 6.93. The van der Waals surface area contributed by atoms with E-state index in [-0.39, 0.29) is 11.8 Å². The maximum Gasteiger partial charge on any atom is 0.138 e. The van der Waals surface area contributed by atoms with Gasteiger partial charge in [-0.1, -0.05) is 22.9 Å². The number of hydrogen-bond donors (Lipinski definition) is 1. The van der Waals surface area contributed by atoms with Gasteiger partial charge >= 0.3 is 0 Å². The molecule has 4 heteroatoms. The van der Waals surface area contributed by atoms with Gasteiger partial charge in [-0.15, -0.1) is 0 Å². The molecule has 0 fully saturated rings. The fraction of sp³-hybridized carbons (Fsp3) is 0.500. The maximum absolute atomic E-state index is 12.0. The zero-order valence-electron chi connectivity index (χ0n) is 11.1. The van der Waals surface area contributed by atoms with Crippen molar-refractivity contribution >= 4 is 21.7 Å². The van der Waals surface area contributed by atoms with Gasteiger partial charge < -0.3 is 10.1 Å². The Morgan fingerprint density at radius 1 is 1.50 bits per heavy atom. The maximum atomic E-state index is 12.0. The van der Waals surface area contributed by atoms with Crippen LogP contribution in [-0.2, 0) is 11.2 Å². The van der Waals surface area contributed by atoms with Crippen molar-refractivity contribution in [2.24, 2.45) is 0 Å². The summed E-state index contributed by atoms with van der Waals surface area (Å²) in [5, 5.41) is 3.24. The predicted molar refractivity (Wildman–Crippen MR) is 77.2 cm³/mol. The van der Waals surface area contributed by atoms with E-state index in [2.05, 4.69) is 21.2 Å². The molecule has 1 aromatic rings. The Hall–Kier alpha value is -0.870. The number of methoxy groups -OCH3 is 1. The lowest BCUT2D eigenvalue weighted by Gasteiger charge is -2.12. The highest BCUT2D eigenvalue weighted by molar-refractivity contribution is 9.10. The molecule has 1 unspecified atom stereocenters. The van der Waals surface area contributed by atoms with E-state index in [1.54, 1.807) is 7.11 Å². The SMILES string of the molecule is CCNC(C)CC(=O)Cc1cc(Br)ccc1OC. The zero-order chi connectivity index (χ0) is 13.5. The topological polar surface area (TPSA) is 38.3 Å². The average Bonchev–Trinajstić information content (AvgIpc) is 2.29. The Morgan fingerprint density at radius 3 is 2.83 bits per heavy atom. The molecule has 0 saturated heterocycles. The van der Waals surface area contributed by atoms with Crippen LogP contribution in [0.3, 0.4) is 0 Å². The largest absolute Gasteiger partial charge is 0.496 e. The summed E-state index contributed by atoms with van der Waals surface area (Å²) in [4.78, 5) is 12.0. The minimum absolute atomic E-state index is 0.222. The number of nitrogens with one attached hydrogen (secondary N) is 1. The Balaban J connectivity index is 2.66. The molecule has 1 rings (SSSR count). The summed E-state index contributed by atoms with van der Waals surface area (Å²) >= 11 is 3.41. The number of hydrogen-bond acceptors (Lipinski definition) is 3. The Morgan fingerprint density at radius 2 is 2.22 bits per heavy atom. The molecule has 0 heterocycles. The number of ketones is 1. The third-order valence-electron chi connectivity index (χ3n) is 2.72. The van der Waals surface area contributed by atoms with Crippen molar-refractivity contribution in [1.29, 1.82) is 0 Å². The van der Waals surface area contributed by atoms with Gasteiger partial charge in [-0.05, 0) is 31.7 Å². The van der Waals surface area contributed by atoms with Gasteiger partial charge in [0, 0.05) is 28.9 Å². The first-order valence-electron chi connectivity index (χ1n) is 6.14. The Bertz CT molecular complexity index is 407. The van der Waals surface area contributed by atoms with Crippen LogP contribution in [0.15, 0.2) is 22.7 Å². The molecule has 1 atom stereocenters. The van der Waals surface area contributed by atoms with Crippen molar-refractivity contribution in [2.75, 3.05) is 13.7 Å². The van der Waals surface area contributed by atoms with Crippen LogP contribution >= 0.6 is 15.9 Å². The lowest BCUT2D eigenvalue weighted by atomic mass is 10.0. The summed E-state index contributed by atoms with van der Waals surface area (Å²) in [5.41, 5.74) is 0.931. The average molecular weight is 314 g/mol. The van der Waals surface area contributed by atoms with Gasteiger partial charge in [0.15, 0.2) is 0 Å². The Labute approximate surface area is 117 Å². The van der Waals surface area contributed by atoms with Gasteiger partial charge in [-0.2, -0.15) is 0 Å². The normalized spacial score (nSPS) is 12.2. The monoisotopic (exact) mass is 313 g/mol. The highest BCUT2D eigenvalue weighted by atomic mass is 79.9. The molecule has 0 aliphatic carbocycles. The standard InChI is InChI=1S/C14H20BrNO2/c1-4-16-10(2)7-13(17)9-11-8-12(15)5-6-14(11)18-3/h5-6,8,10,16H,4,7,9H2,1-3H3. The number of benzene rings is 1. The second-order valence-electron chi connectivity index (χ2n) is 4.33. The lowest BCUT2D eigenvalue weighted by Crippen LogP contribution is -2.28. The van der Waals surface area contributed by atoms with Crippen LogP contribution in [0.4, 0.5) is 0 Å². The fourth-order valence-electron chi connectivity index (χ4n) is 1.93. The highest BCUT2D eigenvalue weighted by Gasteiger charge is 2.12. The number of halogens is 1. The molecule has 0 spiro atoms. The van der Waals surface area contributed by atoms with Crippen molar-refractivity contribution < 1.29 is 9.53 Å². The van der Waals surface area contributed by atoms with Crippen LogP contribution in [-0.4, -0.2) is 25.5 Å². The first-order chi connectivity index (χ1) is 8.56. The smallest absolute Gasteiger partial charge is 0.138 e. The van der Waals surface area contributed by atoms with E-state index < -0.39 is 0 Å². The molecule has 1 aromatic carbocycles. The quantitative estimate of drug-likeness (QED) is 0.841. The first kappa shape index (κ1) is 15.2. The third kappa shape index (κ3) is 4.78. The van der Waals surface area contributed by atoms with E-state index >= 15 is 0 Å². The van der Waals surface area contributed by atoms with Crippen LogP contribution in [0, 0.1) is 0 Å². The van der Waals surface area contributed by atoms with Gasteiger partial charge in [0.25, 0.3) is 0 Å². The number of carbonyl (C=O) groups is 1. The van der Waals surface area contributed by atoms with Gasteiger partial charge in [-0.3, -0.25) is 4.79 Å². The van der Waals surface area contributed by atoms with Crippen molar-refractivity contribution in [1.82, 2.24) is 5.32 Å². The molecule has 0 radical (unpaired) electrons. The van der Waals surface area contributed by atoms with E-state index in [0.717, 1.165) is 22.3 Å². The fourth-order valence-corrected chi connectivity index (χ4v) is 2.34. The number of carbonyl (C=O) groups excluding carboxylic acids is 1. The zero-order valence-corrected chi connectivity index (χ0v) is 12.7. The number of ether oxygens (including phenoxy) is 1. The molecule has 18 heavy (non-hydrogen) atoms. The van der Waals surface area contributed by atoms with E-state index in [0.29, 0.717) is 12.8 Å². The summed E-state index contributed by atoms with van der Waals surface area (Å²) in [6, 6.07) is 5.95. The molecule has 0 bridgehead atoms. The van der Waals surface area contributed by atoms with Crippen LogP contribution in [0.5, 0.6) is 5.75 Å². The molecule has 0 aromatic heterocycles. The van der Waals surface area contributed by atoms with Crippen LogP contribution in [0.1, 0.15) is 25.8 Å². The minimum atomic E-state index is 0.222. The van der Waals surface area contributed by atoms with Crippen LogP contribution in [0.25, 0.3) is 0 Å². The summed E-state index contributed by atoms with van der Waals surface area (Å²) in [6.07, 6.45) is 0.960. The van der Waals surface area contributed by atoms with Gasteiger partial charge in [0.2, 0.25) is 0 Å². The number of Topliss-reactive ketones (excluding diaryl/α,β-unsaturated/α-hetero) is 1. The molecule has 0 aliphatic rings. The van der Waals surface area contributed by atoms with Gasteiger partial charge in [-0.25, -0.2) is 0 Å². The van der Waals surface area contributed by atoms with Crippen molar-refractivity contribution in [3.63, 3.8) is 0 Å². The molecular weight excluding hydrogens is 294 g/mol. The molecule has 1 N–H and O–H groups in total. The lowest BCUT2D eigenvalue weighted by molar-refractivity contribution is -0.118. The van der Waals surface area contributed by atoms with Crippen LogP contribution < -0.4 is 10.1 Å². The summed E-state index contributed by atoms with van der Waals surface area (Å²) in [5.74, 6) is 0.988. The molecule has 0 amide bonds. The van der Waals surface area contributed by atoms with Crippen molar-refractivity contribution in [3.8, 4) is 5.75 Å². The minimum Gasteiger partial charge on any atom is -0.496 e. The molecular formula is C14H20BrNO2. The molecule has 0 saturated carbocycles. The summed E-state index contributed by atoms with van der Waals surface area (Å²) in [7, 11) is 1.62. The highest BCUT2D eigenvalue weighted by Crippen LogP contribution is 2.23. The molecule has 3 nitrogen and oxygen atoms in total. The predicted octanol–water partition coefficient (Wildman–Crippen LogP) is 2.96. The molecule has 100 valence electrons. The second kappa shape index (κ2) is 7.54. The number of rotatable bonds is 7. The van der Waals surface area contributed by atoms with Crippen molar-refractivity contribution in [2.45, 2.75) is 32.7 Å². The molecule has 0 aliphatic heterocycles. The van der Waals surface area contributed by atoms with Crippen molar-refractivity contribution in [3.05, 3.63) is 28.2 Å². The third-order valence-corrected chi connectivity index (χ3v) is 3.21. The summed E-state index contributed by atoms with van der Waals surface area (Å²) < 4.78 is 6.23. The van der Waals surface area contributed by atoms with Gasteiger partial charge in [0.1, 0.15) is 11.5 Å². The van der Waals surface area contributed by atoms with E-state index in [9.17, 15) is 4.79 Å².